The minimum absolute atomic E-state index is 0.0530. The Bertz CT molecular complexity index is 907. The lowest BCUT2D eigenvalue weighted by atomic mass is 9.83. The third kappa shape index (κ3) is 2.95. The number of aromatic nitrogens is 1. The molecule has 0 spiro atoms. The van der Waals surface area contributed by atoms with Gasteiger partial charge in [-0.05, 0) is 53.4 Å². The Hall–Kier alpha value is -2.11. The molecule has 26 heavy (non-hydrogen) atoms. The van der Waals surface area contributed by atoms with Crippen molar-refractivity contribution >= 4 is 28.1 Å². The van der Waals surface area contributed by atoms with Crippen LogP contribution in [-0.2, 0) is 17.3 Å². The minimum atomic E-state index is -0.703. The number of nitrogens with zero attached hydrogens (tertiary/aromatic N) is 1. The molecule has 0 radical (unpaired) electrons. The van der Waals surface area contributed by atoms with Crippen molar-refractivity contribution in [2.45, 2.75) is 37.2 Å². The van der Waals surface area contributed by atoms with E-state index in [1.807, 2.05) is 49.0 Å². The second-order valence-corrected chi connectivity index (χ2v) is 8.18. The molecular weight excluding hydrogens is 344 g/mol. The number of benzene rings is 1. The van der Waals surface area contributed by atoms with Gasteiger partial charge < -0.3 is 15.0 Å². The van der Waals surface area contributed by atoms with Gasteiger partial charge in [0.1, 0.15) is 0 Å². The van der Waals surface area contributed by atoms with Crippen LogP contribution in [0.5, 0.6) is 0 Å². The normalized spacial score (nSPS) is 17.5. The summed E-state index contributed by atoms with van der Waals surface area (Å²) in [5.74, 6) is 0.0530. The number of amides is 1. The molecule has 1 fully saturated rings. The van der Waals surface area contributed by atoms with E-state index < -0.39 is 11.5 Å². The number of aliphatic hydroxyl groups excluding tert-OH is 1. The van der Waals surface area contributed by atoms with Gasteiger partial charge in [0, 0.05) is 30.2 Å². The topological polar surface area (TPSA) is 54.3 Å². The molecule has 4 rings (SSSR count). The summed E-state index contributed by atoms with van der Waals surface area (Å²) < 4.78 is 2.05. The number of fused-ring (bicyclic) bond motifs is 1. The Labute approximate surface area is 157 Å². The monoisotopic (exact) mass is 368 g/mol. The summed E-state index contributed by atoms with van der Waals surface area (Å²) in [6, 6.07) is 12.1. The minimum Gasteiger partial charge on any atom is -0.387 e. The molecule has 136 valence electrons. The van der Waals surface area contributed by atoms with Gasteiger partial charge in [-0.15, -0.1) is 11.3 Å². The molecular formula is C21H24N2O2S. The first-order valence-electron chi connectivity index (χ1n) is 9.15. The van der Waals surface area contributed by atoms with E-state index in [9.17, 15) is 9.90 Å². The largest absolute Gasteiger partial charge is 0.387 e. The maximum absolute atomic E-state index is 13.0. The Morgan fingerprint density at radius 3 is 2.85 bits per heavy atom. The second kappa shape index (κ2) is 6.89. The first-order chi connectivity index (χ1) is 12.6. The second-order valence-electron chi connectivity index (χ2n) is 7.24. The molecule has 2 heterocycles. The fourth-order valence-corrected chi connectivity index (χ4v) is 5.08. The third-order valence-electron chi connectivity index (χ3n) is 5.63. The number of aliphatic hydroxyl groups is 1. The summed E-state index contributed by atoms with van der Waals surface area (Å²) in [4.78, 5) is 14.1. The molecule has 1 amide bonds. The molecule has 0 aliphatic heterocycles. The molecule has 1 aromatic carbocycles. The number of aryl methyl sites for hydroxylation is 1. The number of rotatable bonds is 5. The summed E-state index contributed by atoms with van der Waals surface area (Å²) in [5, 5.41) is 16.7. The van der Waals surface area contributed by atoms with Gasteiger partial charge in [-0.1, -0.05) is 25.0 Å². The molecule has 0 saturated heterocycles. The number of nitrogens with one attached hydrogen (secondary N) is 1. The molecule has 1 atom stereocenters. The first-order valence-corrected chi connectivity index (χ1v) is 10.0. The molecule has 4 nitrogen and oxygen atoms in total. The van der Waals surface area contributed by atoms with Gasteiger partial charge in [0.25, 0.3) is 0 Å². The highest BCUT2D eigenvalue weighted by atomic mass is 32.1. The average Bonchev–Trinajstić information content (AvgIpc) is 3.40. The van der Waals surface area contributed by atoms with E-state index in [-0.39, 0.29) is 12.5 Å². The van der Waals surface area contributed by atoms with Crippen molar-refractivity contribution in [1.82, 2.24) is 9.88 Å². The smallest absolute Gasteiger partial charge is 0.231 e. The highest BCUT2D eigenvalue weighted by Gasteiger charge is 2.43. The van der Waals surface area contributed by atoms with E-state index in [1.165, 1.54) is 0 Å². The van der Waals surface area contributed by atoms with Crippen molar-refractivity contribution in [2.75, 3.05) is 6.54 Å². The summed E-state index contributed by atoms with van der Waals surface area (Å²) in [7, 11) is 2.00. The number of carbonyl (C=O) groups is 1. The lowest BCUT2D eigenvalue weighted by Gasteiger charge is -2.27. The van der Waals surface area contributed by atoms with Gasteiger partial charge in [-0.2, -0.15) is 0 Å². The van der Waals surface area contributed by atoms with Gasteiger partial charge in [0.15, 0.2) is 0 Å². The van der Waals surface area contributed by atoms with Crippen LogP contribution in [0, 0.1) is 0 Å². The molecule has 1 aliphatic rings. The van der Waals surface area contributed by atoms with Crippen LogP contribution >= 0.6 is 11.3 Å². The van der Waals surface area contributed by atoms with Crippen LogP contribution in [0.25, 0.3) is 10.9 Å². The van der Waals surface area contributed by atoms with E-state index in [1.54, 1.807) is 11.3 Å². The molecule has 0 bridgehead atoms. The number of hydrogen-bond acceptors (Lipinski definition) is 3. The van der Waals surface area contributed by atoms with Crippen LogP contribution in [-0.4, -0.2) is 22.1 Å². The zero-order valence-electron chi connectivity index (χ0n) is 14.9. The Morgan fingerprint density at radius 2 is 2.12 bits per heavy atom. The van der Waals surface area contributed by atoms with Gasteiger partial charge in [-0.25, -0.2) is 0 Å². The summed E-state index contributed by atoms with van der Waals surface area (Å²) >= 11 is 1.66. The standard InChI is InChI=1S/C21H24N2O2S/c1-23-11-8-15-13-16(6-7-17(15)23)18(24)14-22-20(25)21(9-2-3-10-21)19-5-4-12-26-19/h4-8,11-13,18,24H,2-3,9-10,14H2,1H3,(H,22,25). The van der Waals surface area contributed by atoms with Gasteiger partial charge >= 0.3 is 0 Å². The molecule has 1 aliphatic carbocycles. The summed E-state index contributed by atoms with van der Waals surface area (Å²) in [6.07, 6.45) is 5.26. The number of carbonyl (C=O) groups excluding carboxylic acids is 1. The van der Waals surface area contributed by atoms with Crippen molar-refractivity contribution < 1.29 is 9.90 Å². The predicted octanol–water partition coefficient (Wildman–Crippen LogP) is 3.90. The first kappa shape index (κ1) is 17.3. The van der Waals surface area contributed by atoms with Crippen molar-refractivity contribution in [2.24, 2.45) is 7.05 Å². The maximum atomic E-state index is 13.0. The van der Waals surface area contributed by atoms with Gasteiger partial charge in [-0.3, -0.25) is 4.79 Å². The molecule has 5 heteroatoms. The molecule has 2 N–H and O–H groups in total. The quantitative estimate of drug-likeness (QED) is 0.718. The van der Waals surface area contributed by atoms with E-state index in [0.29, 0.717) is 0 Å². The lowest BCUT2D eigenvalue weighted by Crippen LogP contribution is -2.43. The molecule has 2 aromatic heterocycles. The maximum Gasteiger partial charge on any atom is 0.231 e. The summed E-state index contributed by atoms with van der Waals surface area (Å²) in [5.41, 5.74) is 1.56. The summed E-state index contributed by atoms with van der Waals surface area (Å²) in [6.45, 7) is 0.240. The van der Waals surface area contributed by atoms with Crippen LogP contribution in [0.4, 0.5) is 0 Å². The lowest BCUT2D eigenvalue weighted by molar-refractivity contribution is -0.127. The fourth-order valence-electron chi connectivity index (χ4n) is 4.10. The SMILES string of the molecule is Cn1ccc2cc(C(O)CNC(=O)C3(c4cccs4)CCCC3)ccc21. The zero-order chi connectivity index (χ0) is 18.1. The van der Waals surface area contributed by atoms with Crippen molar-refractivity contribution in [1.29, 1.82) is 0 Å². The molecule has 1 unspecified atom stereocenters. The van der Waals surface area contributed by atoms with Gasteiger partial charge in [0.05, 0.1) is 11.5 Å². The average molecular weight is 369 g/mol. The number of thiophene rings is 1. The highest BCUT2D eigenvalue weighted by Crippen LogP contribution is 2.43. The van der Waals surface area contributed by atoms with Crippen LogP contribution < -0.4 is 5.32 Å². The Morgan fingerprint density at radius 1 is 1.31 bits per heavy atom. The van der Waals surface area contributed by atoms with Gasteiger partial charge in [0.2, 0.25) is 5.91 Å². The third-order valence-corrected chi connectivity index (χ3v) is 6.71. The van der Waals surface area contributed by atoms with Crippen LogP contribution in [0.2, 0.25) is 0 Å². The Balaban J connectivity index is 1.47. The van der Waals surface area contributed by atoms with Crippen molar-refractivity contribution in [3.63, 3.8) is 0 Å². The van der Waals surface area contributed by atoms with Crippen molar-refractivity contribution in [3.8, 4) is 0 Å². The predicted molar refractivity (Wildman–Crippen MR) is 105 cm³/mol. The number of hydrogen-bond donors (Lipinski definition) is 2. The molecule has 3 aromatic rings. The van der Waals surface area contributed by atoms with E-state index in [2.05, 4.69) is 16.0 Å². The fraction of sp³-hybridized carbons (Fsp3) is 0.381. The highest BCUT2D eigenvalue weighted by molar-refractivity contribution is 7.10. The van der Waals surface area contributed by atoms with Crippen LogP contribution in [0.15, 0.2) is 48.0 Å². The molecule has 1 saturated carbocycles. The Kier molecular flexibility index (Phi) is 4.59. The van der Waals surface area contributed by atoms with E-state index >= 15 is 0 Å². The van der Waals surface area contributed by atoms with Crippen LogP contribution in [0.1, 0.15) is 42.2 Å². The zero-order valence-corrected chi connectivity index (χ0v) is 15.8. The van der Waals surface area contributed by atoms with E-state index in [0.717, 1.165) is 47.0 Å². The van der Waals surface area contributed by atoms with E-state index in [4.69, 9.17) is 0 Å². The van der Waals surface area contributed by atoms with Crippen molar-refractivity contribution in [3.05, 3.63) is 58.4 Å². The van der Waals surface area contributed by atoms with Crippen LogP contribution in [0.3, 0.4) is 0 Å².